The van der Waals surface area contributed by atoms with Crippen LogP contribution in [0, 0.1) is 34.0 Å². The molecule has 1 aromatic carbocycles. The molecule has 6 rings (SSSR count). The Morgan fingerprint density at radius 1 is 0.977 bits per heavy atom. The maximum atomic E-state index is 12.5. The highest BCUT2D eigenvalue weighted by molar-refractivity contribution is 7.81. The first-order valence-electron chi connectivity index (χ1n) is 16.8. The molecule has 2 bridgehead atoms. The monoisotopic (exact) mass is 636 g/mol. The van der Waals surface area contributed by atoms with Crippen molar-refractivity contribution in [1.29, 1.82) is 0 Å². The molecule has 8 atom stereocenters. The van der Waals surface area contributed by atoms with Crippen LogP contribution >= 0.6 is 0 Å². The lowest BCUT2D eigenvalue weighted by molar-refractivity contribution is -0.234. The predicted molar refractivity (Wildman–Crippen MR) is 170 cm³/mol. The van der Waals surface area contributed by atoms with Gasteiger partial charge in [0.2, 0.25) is 0 Å². The number of phenolic OH excluding ortho intramolecular Hbond substituents is 1. The van der Waals surface area contributed by atoms with Gasteiger partial charge in [-0.3, -0.25) is 4.55 Å². The summed E-state index contributed by atoms with van der Waals surface area (Å²) in [6, 6.07) is 4.09. The average Bonchev–Trinajstić information content (AvgIpc) is 3.00. The normalized spacial score (nSPS) is 41.5. The third-order valence-corrected chi connectivity index (χ3v) is 13.6. The van der Waals surface area contributed by atoms with Crippen molar-refractivity contribution in [3.05, 3.63) is 23.8 Å². The molecule has 4 aliphatic carbocycles. The Labute approximate surface area is 264 Å². The molecule has 4 N–H and O–H groups in total. The third-order valence-electron chi connectivity index (χ3n) is 13.2. The van der Waals surface area contributed by atoms with Crippen LogP contribution in [0.4, 0.5) is 0 Å². The highest BCUT2D eigenvalue weighted by atomic mass is 32.3. The van der Waals surface area contributed by atoms with Crippen LogP contribution < -0.4 is 4.18 Å². The van der Waals surface area contributed by atoms with Crippen LogP contribution in [0.25, 0.3) is 0 Å². The minimum absolute atomic E-state index is 0.00354. The van der Waals surface area contributed by atoms with Crippen molar-refractivity contribution < 1.29 is 37.2 Å². The van der Waals surface area contributed by atoms with E-state index < -0.39 is 21.6 Å². The smallest absolute Gasteiger partial charge is 0.446 e. The summed E-state index contributed by atoms with van der Waals surface area (Å²) in [5, 5.41) is 35.4. The molecule has 1 saturated heterocycles. The number of fused-ring (bicyclic) bond motifs is 4. The van der Waals surface area contributed by atoms with E-state index in [1.165, 1.54) is 18.2 Å². The van der Waals surface area contributed by atoms with Crippen molar-refractivity contribution in [3.63, 3.8) is 0 Å². The van der Waals surface area contributed by atoms with Crippen LogP contribution in [0.5, 0.6) is 11.5 Å². The second-order valence-electron chi connectivity index (χ2n) is 16.8. The molecule has 8 nitrogen and oxygen atoms in total. The first kappa shape index (κ1) is 34.0. The van der Waals surface area contributed by atoms with Gasteiger partial charge < -0.3 is 24.2 Å². The van der Waals surface area contributed by atoms with Gasteiger partial charge in [-0.25, -0.2) is 0 Å². The lowest BCUT2D eigenvalue weighted by Gasteiger charge is -2.66. The molecule has 9 heteroatoms. The van der Waals surface area contributed by atoms with E-state index in [4.69, 9.17) is 9.29 Å². The molecule has 0 spiro atoms. The zero-order chi connectivity index (χ0) is 32.6. The van der Waals surface area contributed by atoms with Crippen molar-refractivity contribution in [2.45, 2.75) is 148 Å². The van der Waals surface area contributed by atoms with Gasteiger partial charge in [-0.2, -0.15) is 8.42 Å². The molecule has 5 aliphatic rings. The largest absolute Gasteiger partial charge is 0.508 e. The molecular weight excluding hydrogens is 580 g/mol. The summed E-state index contributed by atoms with van der Waals surface area (Å²) >= 11 is 0. The van der Waals surface area contributed by atoms with E-state index in [9.17, 15) is 23.7 Å². The highest BCUT2D eigenvalue weighted by Gasteiger charge is 2.64. The second kappa shape index (κ2) is 11.1. The van der Waals surface area contributed by atoms with Crippen molar-refractivity contribution in [2.24, 2.45) is 34.0 Å². The zero-order valence-electron chi connectivity index (χ0n) is 27.9. The number of ether oxygens (including phenoxy) is 1. The Bertz CT molecular complexity index is 1340. The summed E-state index contributed by atoms with van der Waals surface area (Å²) in [6.07, 6.45) is 10.2. The topological polar surface area (TPSA) is 134 Å². The molecule has 250 valence electrons. The Balaban J connectivity index is 1.33. The van der Waals surface area contributed by atoms with Gasteiger partial charge in [-0.05, 0) is 137 Å². The second-order valence-corrected chi connectivity index (χ2v) is 17.8. The molecular formula is C35H56O8S. The molecule has 4 saturated carbocycles. The third kappa shape index (κ3) is 5.94. The van der Waals surface area contributed by atoms with E-state index in [-0.39, 0.29) is 51.3 Å². The number of rotatable bonds is 8. The van der Waals surface area contributed by atoms with E-state index in [1.54, 1.807) is 0 Å². The molecule has 0 amide bonds. The standard InChI is InChI=1S/C35H56O8S/c1-23-10-13-29-33(7,17-8-15-30(2,3)42-29)35(23,38)18-9-16-32(6)22-34(37)19-14-27(32)31(4,5)28(34)21-24-20-25(11-12-26(24)36)43-44(39,40)41/h11-12,20,23,27-29,36-38H,8-10,13-19,21-22H2,1-7H3,(H,39,40,41). The van der Waals surface area contributed by atoms with E-state index in [0.717, 1.165) is 57.8 Å². The number of benzene rings is 1. The van der Waals surface area contributed by atoms with Crippen LogP contribution in [-0.2, 0) is 21.6 Å². The summed E-state index contributed by atoms with van der Waals surface area (Å²) in [5.74, 6) is 0.287. The molecule has 1 aromatic rings. The van der Waals surface area contributed by atoms with Gasteiger partial charge in [0.05, 0.1) is 22.9 Å². The zero-order valence-corrected chi connectivity index (χ0v) is 28.7. The van der Waals surface area contributed by atoms with E-state index in [0.29, 0.717) is 30.7 Å². The lowest BCUT2D eigenvalue weighted by atomic mass is 9.40. The van der Waals surface area contributed by atoms with Crippen LogP contribution in [0.2, 0.25) is 0 Å². The Hall–Kier alpha value is -1.39. The lowest BCUT2D eigenvalue weighted by Crippen LogP contribution is -2.64. The van der Waals surface area contributed by atoms with Crippen molar-refractivity contribution in [1.82, 2.24) is 0 Å². The minimum Gasteiger partial charge on any atom is -0.508 e. The maximum Gasteiger partial charge on any atom is 0.446 e. The van der Waals surface area contributed by atoms with Crippen LogP contribution in [0.15, 0.2) is 18.2 Å². The van der Waals surface area contributed by atoms with Gasteiger partial charge in [0.1, 0.15) is 11.5 Å². The molecule has 44 heavy (non-hydrogen) atoms. The molecule has 5 fully saturated rings. The van der Waals surface area contributed by atoms with Gasteiger partial charge in [0.25, 0.3) is 0 Å². The first-order chi connectivity index (χ1) is 20.1. The summed E-state index contributed by atoms with van der Waals surface area (Å²) in [4.78, 5) is 0. The molecule has 0 aromatic heterocycles. The Kier molecular flexibility index (Phi) is 8.57. The fourth-order valence-electron chi connectivity index (χ4n) is 11.0. The number of aromatic hydroxyl groups is 1. The van der Waals surface area contributed by atoms with Crippen molar-refractivity contribution >= 4 is 10.4 Å². The SMILES string of the molecule is CC1CCC2OC(C)(C)CCCC2(C)C1(O)CCCC1(C)CC2(O)CCC1C(C)(C)C2Cc1cc(OS(=O)(=O)O)ccc1O. The first-order valence-corrected chi connectivity index (χ1v) is 18.1. The quantitative estimate of drug-likeness (QED) is 0.224. The Morgan fingerprint density at radius 2 is 1.68 bits per heavy atom. The predicted octanol–water partition coefficient (Wildman–Crippen LogP) is 7.00. The fraction of sp³-hybridized carbons (Fsp3) is 0.829. The number of phenols is 1. The van der Waals surface area contributed by atoms with Crippen LogP contribution in [0.1, 0.15) is 125 Å². The van der Waals surface area contributed by atoms with E-state index >= 15 is 0 Å². The van der Waals surface area contributed by atoms with Crippen LogP contribution in [0.3, 0.4) is 0 Å². The maximum absolute atomic E-state index is 12.5. The van der Waals surface area contributed by atoms with E-state index in [1.807, 2.05) is 0 Å². The highest BCUT2D eigenvalue weighted by Crippen LogP contribution is 2.67. The number of aliphatic hydroxyl groups is 2. The van der Waals surface area contributed by atoms with Crippen molar-refractivity contribution in [3.8, 4) is 11.5 Å². The van der Waals surface area contributed by atoms with Gasteiger partial charge in [-0.15, -0.1) is 0 Å². The van der Waals surface area contributed by atoms with Crippen molar-refractivity contribution in [2.75, 3.05) is 0 Å². The van der Waals surface area contributed by atoms with Gasteiger partial charge in [0, 0.05) is 5.41 Å². The number of hydrogen-bond acceptors (Lipinski definition) is 7. The van der Waals surface area contributed by atoms with Crippen LogP contribution in [-0.4, -0.2) is 51.2 Å². The number of hydrogen-bond donors (Lipinski definition) is 4. The summed E-state index contributed by atoms with van der Waals surface area (Å²) in [6.45, 7) is 15.6. The van der Waals surface area contributed by atoms with Gasteiger partial charge >= 0.3 is 10.4 Å². The van der Waals surface area contributed by atoms with Gasteiger partial charge in [0.15, 0.2) is 0 Å². The molecule has 1 aliphatic heterocycles. The molecule has 1 heterocycles. The van der Waals surface area contributed by atoms with E-state index in [2.05, 4.69) is 52.6 Å². The Morgan fingerprint density at radius 3 is 2.34 bits per heavy atom. The molecule has 0 radical (unpaired) electrons. The fourth-order valence-corrected chi connectivity index (χ4v) is 11.3. The summed E-state index contributed by atoms with van der Waals surface area (Å²) in [5.41, 5.74) is -2.10. The average molecular weight is 637 g/mol. The van der Waals surface area contributed by atoms with Gasteiger partial charge in [-0.1, -0.05) is 41.0 Å². The minimum atomic E-state index is -4.70. The summed E-state index contributed by atoms with van der Waals surface area (Å²) < 4.78 is 43.0. The molecule has 8 unspecified atom stereocenters. The summed E-state index contributed by atoms with van der Waals surface area (Å²) in [7, 11) is -4.70.